The zero-order valence-corrected chi connectivity index (χ0v) is 21.0. The molecule has 35 heavy (non-hydrogen) atoms. The number of halogens is 2. The maximum atomic E-state index is 13.0. The van der Waals surface area contributed by atoms with E-state index in [1.807, 2.05) is 53.2 Å². The summed E-state index contributed by atoms with van der Waals surface area (Å²) in [6.07, 6.45) is 5.21. The van der Waals surface area contributed by atoms with Gasteiger partial charge in [-0.25, -0.2) is 9.78 Å². The average molecular weight is 515 g/mol. The van der Waals surface area contributed by atoms with Gasteiger partial charge >= 0.3 is 5.97 Å². The lowest BCUT2D eigenvalue weighted by molar-refractivity contribution is -0.145. The van der Waals surface area contributed by atoms with Crippen LogP contribution in [0, 0.1) is 5.92 Å². The van der Waals surface area contributed by atoms with Crippen molar-refractivity contribution in [2.45, 2.75) is 31.8 Å². The fourth-order valence-corrected chi connectivity index (χ4v) is 4.86. The normalized spacial score (nSPS) is 15.0. The van der Waals surface area contributed by atoms with Crippen LogP contribution >= 0.6 is 23.2 Å². The van der Waals surface area contributed by atoms with Gasteiger partial charge in [-0.3, -0.25) is 4.79 Å². The third-order valence-electron chi connectivity index (χ3n) is 6.19. The minimum Gasteiger partial charge on any atom is -0.467 e. The summed E-state index contributed by atoms with van der Waals surface area (Å²) in [5.41, 5.74) is 2.81. The Balaban J connectivity index is 1.34. The lowest BCUT2D eigenvalue weighted by atomic mass is 9.95. The smallest absolute Gasteiger partial charge is 0.328 e. The molecular weight excluding hydrogens is 487 g/mol. The topological polar surface area (TPSA) is 76.5 Å². The molecule has 0 bridgehead atoms. The van der Waals surface area contributed by atoms with Gasteiger partial charge in [0.05, 0.1) is 19.1 Å². The van der Waals surface area contributed by atoms with Gasteiger partial charge in [-0.1, -0.05) is 53.5 Å². The quantitative estimate of drug-likeness (QED) is 0.452. The third kappa shape index (κ3) is 6.77. The monoisotopic (exact) mass is 514 g/mol. The van der Waals surface area contributed by atoms with Crippen LogP contribution in [0.1, 0.15) is 24.1 Å². The zero-order chi connectivity index (χ0) is 24.8. The molecule has 1 aliphatic heterocycles. The second-order valence-electron chi connectivity index (χ2n) is 8.70. The van der Waals surface area contributed by atoms with Crippen LogP contribution < -0.4 is 10.2 Å². The Morgan fingerprint density at radius 2 is 1.80 bits per heavy atom. The van der Waals surface area contributed by atoms with Crippen molar-refractivity contribution in [2.24, 2.45) is 5.92 Å². The van der Waals surface area contributed by atoms with Crippen LogP contribution in [0.5, 0.6) is 0 Å². The molecule has 7 nitrogen and oxygen atoms in total. The predicted octanol–water partition coefficient (Wildman–Crippen LogP) is 4.36. The minimum atomic E-state index is -0.794. The summed E-state index contributed by atoms with van der Waals surface area (Å²) in [6.45, 7) is 2.07. The van der Waals surface area contributed by atoms with Gasteiger partial charge in [0, 0.05) is 53.9 Å². The van der Waals surface area contributed by atoms with Gasteiger partial charge in [-0.05, 0) is 36.6 Å². The molecular formula is C26H28Cl2N4O3. The number of aromatic nitrogens is 2. The SMILES string of the molecule is COC(=O)[C@H](Cc1cn(Cc2ccccc2)cn1)NC(=O)C1CCN(c2cc(Cl)cc(Cl)c2)CC1. The molecule has 0 spiro atoms. The minimum absolute atomic E-state index is 0.145. The number of piperidine rings is 1. The first-order valence-electron chi connectivity index (χ1n) is 11.5. The number of benzene rings is 2. The average Bonchev–Trinajstić information content (AvgIpc) is 3.29. The van der Waals surface area contributed by atoms with Crippen molar-refractivity contribution in [3.8, 4) is 0 Å². The second-order valence-corrected chi connectivity index (χ2v) is 9.57. The van der Waals surface area contributed by atoms with Gasteiger partial charge in [0.15, 0.2) is 0 Å². The van der Waals surface area contributed by atoms with Crippen LogP contribution in [-0.2, 0) is 27.3 Å². The number of imidazole rings is 1. The van der Waals surface area contributed by atoms with Gasteiger partial charge in [-0.2, -0.15) is 0 Å². The first-order valence-corrected chi connectivity index (χ1v) is 12.3. The molecule has 184 valence electrons. The third-order valence-corrected chi connectivity index (χ3v) is 6.62. The molecule has 0 saturated carbocycles. The van der Waals surface area contributed by atoms with Crippen molar-refractivity contribution in [3.05, 3.63) is 82.4 Å². The van der Waals surface area contributed by atoms with Crippen LogP contribution in [0.2, 0.25) is 10.0 Å². The van der Waals surface area contributed by atoms with Crippen LogP contribution in [0.4, 0.5) is 5.69 Å². The number of esters is 1. The molecule has 1 saturated heterocycles. The van der Waals surface area contributed by atoms with Gasteiger partial charge < -0.3 is 19.5 Å². The number of nitrogens with zero attached hydrogens (tertiary/aromatic N) is 3. The Kier molecular flexibility index (Phi) is 8.31. The highest BCUT2D eigenvalue weighted by atomic mass is 35.5. The number of nitrogens with one attached hydrogen (secondary N) is 1. The highest BCUT2D eigenvalue weighted by Gasteiger charge is 2.30. The second kappa shape index (κ2) is 11.6. The molecule has 1 amide bonds. The van der Waals surface area contributed by atoms with Crippen molar-refractivity contribution < 1.29 is 14.3 Å². The van der Waals surface area contributed by atoms with E-state index in [1.165, 1.54) is 7.11 Å². The summed E-state index contributed by atoms with van der Waals surface area (Å²) >= 11 is 12.3. The van der Waals surface area contributed by atoms with Gasteiger partial charge in [-0.15, -0.1) is 0 Å². The summed E-state index contributed by atoms with van der Waals surface area (Å²) in [6, 6.07) is 14.7. The number of hydrogen-bond donors (Lipinski definition) is 1. The maximum Gasteiger partial charge on any atom is 0.328 e. The highest BCUT2D eigenvalue weighted by molar-refractivity contribution is 6.35. The molecule has 2 heterocycles. The van der Waals surface area contributed by atoms with Crippen molar-refractivity contribution in [3.63, 3.8) is 0 Å². The molecule has 0 radical (unpaired) electrons. The molecule has 1 atom stereocenters. The standard InChI is InChI=1S/C26H28Cl2N4O3/c1-35-26(34)24(14-22-16-31(17-29-22)15-18-5-3-2-4-6-18)30-25(33)19-7-9-32(10-8-19)23-12-20(27)11-21(28)13-23/h2-6,11-13,16-17,19,24H,7-10,14-15H2,1H3,(H,30,33)/t24-/m0/s1. The summed E-state index contributed by atoms with van der Waals surface area (Å²) in [5, 5.41) is 4.06. The van der Waals surface area contributed by atoms with E-state index in [0.717, 1.165) is 11.3 Å². The Morgan fingerprint density at radius 1 is 1.11 bits per heavy atom. The van der Waals surface area contributed by atoms with E-state index in [-0.39, 0.29) is 18.2 Å². The summed E-state index contributed by atoms with van der Waals surface area (Å²) in [4.78, 5) is 32.0. The van der Waals surface area contributed by atoms with Crippen molar-refractivity contribution in [1.29, 1.82) is 0 Å². The Labute approximate surface area is 215 Å². The summed E-state index contributed by atoms with van der Waals surface area (Å²) in [5.74, 6) is -0.821. The van der Waals surface area contributed by atoms with Crippen molar-refractivity contribution in [2.75, 3.05) is 25.1 Å². The largest absolute Gasteiger partial charge is 0.467 e. The molecule has 1 N–H and O–H groups in total. The molecule has 4 rings (SSSR count). The molecule has 2 aromatic carbocycles. The molecule has 1 fully saturated rings. The number of anilines is 1. The van der Waals surface area contributed by atoms with E-state index in [4.69, 9.17) is 27.9 Å². The molecule has 1 aliphatic rings. The maximum absolute atomic E-state index is 13.0. The first-order chi connectivity index (χ1) is 16.9. The molecule has 0 unspecified atom stereocenters. The number of rotatable bonds is 8. The number of carbonyl (C=O) groups excluding carboxylic acids is 2. The Morgan fingerprint density at radius 3 is 2.46 bits per heavy atom. The fraction of sp³-hybridized carbons (Fsp3) is 0.346. The van der Waals surface area contributed by atoms with Crippen LogP contribution in [0.3, 0.4) is 0 Å². The van der Waals surface area contributed by atoms with E-state index in [1.54, 1.807) is 12.4 Å². The molecule has 0 aliphatic carbocycles. The van der Waals surface area contributed by atoms with Crippen LogP contribution in [0.25, 0.3) is 0 Å². The van der Waals surface area contributed by atoms with E-state index in [9.17, 15) is 9.59 Å². The molecule has 9 heteroatoms. The summed E-state index contributed by atoms with van der Waals surface area (Å²) in [7, 11) is 1.32. The fourth-order valence-electron chi connectivity index (χ4n) is 4.35. The number of amides is 1. The van der Waals surface area contributed by atoms with Gasteiger partial charge in [0.25, 0.3) is 0 Å². The lowest BCUT2D eigenvalue weighted by Crippen LogP contribution is -2.48. The van der Waals surface area contributed by atoms with Gasteiger partial charge in [0.1, 0.15) is 6.04 Å². The lowest BCUT2D eigenvalue weighted by Gasteiger charge is -2.33. The molecule has 3 aromatic rings. The van der Waals surface area contributed by atoms with Crippen LogP contribution in [0.15, 0.2) is 61.1 Å². The van der Waals surface area contributed by atoms with E-state index >= 15 is 0 Å². The number of carbonyl (C=O) groups is 2. The first kappa shape index (κ1) is 25.1. The predicted molar refractivity (Wildman–Crippen MR) is 137 cm³/mol. The van der Waals surface area contributed by atoms with E-state index in [0.29, 0.717) is 48.2 Å². The summed E-state index contributed by atoms with van der Waals surface area (Å²) < 4.78 is 6.91. The number of hydrogen-bond acceptors (Lipinski definition) is 5. The number of ether oxygens (including phenoxy) is 1. The Bertz CT molecular complexity index is 1140. The highest BCUT2D eigenvalue weighted by Crippen LogP contribution is 2.29. The molecule has 1 aromatic heterocycles. The van der Waals surface area contributed by atoms with Crippen LogP contribution in [-0.4, -0.2) is 47.7 Å². The number of methoxy groups -OCH3 is 1. The van der Waals surface area contributed by atoms with E-state index < -0.39 is 12.0 Å². The van der Waals surface area contributed by atoms with Crippen molar-refractivity contribution in [1.82, 2.24) is 14.9 Å². The Hall–Kier alpha value is -3.03. The van der Waals surface area contributed by atoms with E-state index in [2.05, 4.69) is 15.2 Å². The van der Waals surface area contributed by atoms with Crippen molar-refractivity contribution >= 4 is 40.8 Å². The van der Waals surface area contributed by atoms with Gasteiger partial charge in [0.2, 0.25) is 5.91 Å². The zero-order valence-electron chi connectivity index (χ0n) is 19.5.